The lowest BCUT2D eigenvalue weighted by molar-refractivity contribution is 0.0359. The summed E-state index contributed by atoms with van der Waals surface area (Å²) < 4.78 is 12.7. The third kappa shape index (κ3) is 7.93. The van der Waals surface area contributed by atoms with Crippen LogP contribution >= 0.6 is 0 Å². The number of nitrogens with one attached hydrogen (secondary N) is 1. The molecule has 1 aliphatic rings. The molecule has 0 amide bonds. The van der Waals surface area contributed by atoms with Crippen LogP contribution in [0.3, 0.4) is 0 Å². The van der Waals surface area contributed by atoms with Crippen molar-refractivity contribution in [3.05, 3.63) is 81.8 Å². The molecule has 0 unspecified atom stereocenters. The molecule has 0 atom stereocenters. The van der Waals surface area contributed by atoms with Crippen LogP contribution < -0.4 is 16.2 Å². The van der Waals surface area contributed by atoms with Crippen LogP contribution in [-0.4, -0.2) is 75.3 Å². The zero-order valence-electron chi connectivity index (χ0n) is 23.9. The number of imidazole rings is 1. The normalized spacial score (nSPS) is 14.2. The lowest BCUT2D eigenvalue weighted by Crippen LogP contribution is -2.38. The van der Waals surface area contributed by atoms with Crippen LogP contribution in [0.2, 0.25) is 0 Å². The molecule has 1 fully saturated rings. The largest absolute Gasteiger partial charge is 0.463 e. The van der Waals surface area contributed by atoms with Crippen molar-refractivity contribution in [3.8, 4) is 6.01 Å². The quantitative estimate of drug-likeness (QED) is 0.225. The van der Waals surface area contributed by atoms with E-state index < -0.39 is 0 Å². The number of aromatic amines is 1. The maximum absolute atomic E-state index is 12.8. The van der Waals surface area contributed by atoms with Gasteiger partial charge in [-0.25, -0.2) is 4.79 Å². The Hall–Kier alpha value is -3.73. The predicted octanol–water partition coefficient (Wildman–Crippen LogP) is 3.65. The van der Waals surface area contributed by atoms with Gasteiger partial charge in [-0.15, -0.1) is 0 Å². The molecule has 0 radical (unpaired) electrons. The average molecular weight is 560 g/mol. The van der Waals surface area contributed by atoms with Crippen molar-refractivity contribution in [1.29, 1.82) is 0 Å². The van der Waals surface area contributed by atoms with E-state index in [0.717, 1.165) is 77.3 Å². The second-order valence-corrected chi connectivity index (χ2v) is 10.6. The van der Waals surface area contributed by atoms with E-state index in [9.17, 15) is 4.79 Å². The number of hydrogen-bond donors (Lipinski definition) is 2. The molecule has 0 aliphatic carbocycles. The molecule has 0 saturated carbocycles. The van der Waals surface area contributed by atoms with Crippen LogP contribution in [0.25, 0.3) is 11.2 Å². The number of ether oxygens (including phenoxy) is 2. The highest BCUT2D eigenvalue weighted by Crippen LogP contribution is 2.19. The zero-order valence-corrected chi connectivity index (χ0v) is 23.9. The minimum Gasteiger partial charge on any atom is -0.463 e. The van der Waals surface area contributed by atoms with Crippen LogP contribution in [0.5, 0.6) is 6.01 Å². The van der Waals surface area contributed by atoms with E-state index in [4.69, 9.17) is 15.2 Å². The van der Waals surface area contributed by atoms with Gasteiger partial charge in [0.1, 0.15) is 5.52 Å². The molecule has 1 saturated heterocycles. The van der Waals surface area contributed by atoms with Gasteiger partial charge in [-0.3, -0.25) is 14.4 Å². The number of nitrogen functional groups attached to an aromatic ring is 1. The first-order chi connectivity index (χ1) is 20.1. The van der Waals surface area contributed by atoms with Gasteiger partial charge in [0.2, 0.25) is 0 Å². The molecule has 1 aliphatic heterocycles. The highest BCUT2D eigenvalue weighted by Gasteiger charge is 2.16. The molecular formula is C31H41N7O3. The molecule has 10 heteroatoms. The molecule has 5 rings (SSSR count). The number of benzene rings is 2. The van der Waals surface area contributed by atoms with Crippen LogP contribution in [0.4, 0.5) is 5.82 Å². The Kier molecular flexibility index (Phi) is 10.0. The SMILES string of the molecule is CCCCOc1nc(N)c2[nH]c(=O)n(Cc3ccc(CN(CCCN4CCOCC4)Cc4ccccc4)cc3)c2n1. The summed E-state index contributed by atoms with van der Waals surface area (Å²) in [6, 6.07) is 19.3. The van der Waals surface area contributed by atoms with Gasteiger partial charge in [-0.2, -0.15) is 9.97 Å². The van der Waals surface area contributed by atoms with E-state index in [1.807, 2.05) is 0 Å². The first kappa shape index (κ1) is 28.8. The van der Waals surface area contributed by atoms with E-state index in [1.165, 1.54) is 11.1 Å². The highest BCUT2D eigenvalue weighted by molar-refractivity contribution is 5.81. The van der Waals surface area contributed by atoms with Crippen molar-refractivity contribution in [2.24, 2.45) is 0 Å². The molecular weight excluding hydrogens is 518 g/mol. The number of rotatable bonds is 14. The van der Waals surface area contributed by atoms with Crippen molar-refractivity contribution >= 4 is 17.0 Å². The molecule has 2 aromatic heterocycles. The number of fused-ring (bicyclic) bond motifs is 1. The van der Waals surface area contributed by atoms with E-state index in [0.29, 0.717) is 24.3 Å². The first-order valence-electron chi connectivity index (χ1n) is 14.6. The maximum atomic E-state index is 12.8. The Bertz CT molecular complexity index is 1430. The Labute approximate surface area is 241 Å². The van der Waals surface area contributed by atoms with Crippen molar-refractivity contribution in [1.82, 2.24) is 29.3 Å². The molecule has 0 bridgehead atoms. The number of nitrogens with zero attached hydrogens (tertiary/aromatic N) is 5. The summed E-state index contributed by atoms with van der Waals surface area (Å²) in [6.45, 7) is 10.5. The summed E-state index contributed by atoms with van der Waals surface area (Å²) in [5.41, 5.74) is 10.3. The number of unbranched alkanes of at least 4 members (excludes halogenated alkanes) is 1. The number of nitrogens with two attached hydrogens (primary N) is 1. The van der Waals surface area contributed by atoms with Crippen LogP contribution in [-0.2, 0) is 24.4 Å². The number of anilines is 1. The molecule has 4 aromatic rings. The standard InChI is InChI=1S/C31H41N7O3/c1-2-3-18-41-30-34-28(32)27-29(35-30)38(31(39)33-27)23-26-12-10-25(11-13-26)22-37(21-24-8-5-4-6-9-24)15-7-14-36-16-19-40-20-17-36/h4-6,8-13H,2-3,7,14-23H2,1H3,(H,33,39)(H2,32,34,35). The Morgan fingerprint density at radius 3 is 2.41 bits per heavy atom. The summed E-state index contributed by atoms with van der Waals surface area (Å²) in [4.78, 5) is 29.3. The van der Waals surface area contributed by atoms with E-state index in [1.54, 1.807) is 4.57 Å². The van der Waals surface area contributed by atoms with E-state index in [-0.39, 0.29) is 17.5 Å². The predicted molar refractivity (Wildman–Crippen MR) is 161 cm³/mol. The molecule has 10 nitrogen and oxygen atoms in total. The van der Waals surface area contributed by atoms with E-state index in [2.05, 4.69) is 86.3 Å². The smallest absolute Gasteiger partial charge is 0.328 e. The van der Waals surface area contributed by atoms with Gasteiger partial charge in [0.15, 0.2) is 11.5 Å². The number of H-pyrrole nitrogens is 1. The molecule has 41 heavy (non-hydrogen) atoms. The zero-order chi connectivity index (χ0) is 28.4. The maximum Gasteiger partial charge on any atom is 0.328 e. The summed E-state index contributed by atoms with van der Waals surface area (Å²) in [6.07, 6.45) is 3.01. The summed E-state index contributed by atoms with van der Waals surface area (Å²) in [5, 5.41) is 0. The summed E-state index contributed by atoms with van der Waals surface area (Å²) in [5.74, 6) is 0.208. The second kappa shape index (κ2) is 14.2. The van der Waals surface area contributed by atoms with Crippen molar-refractivity contribution in [2.75, 3.05) is 51.7 Å². The van der Waals surface area contributed by atoms with Crippen LogP contribution in [0.1, 0.15) is 42.9 Å². The minimum atomic E-state index is -0.273. The topological polar surface area (TPSA) is 115 Å². The van der Waals surface area contributed by atoms with Crippen molar-refractivity contribution < 1.29 is 9.47 Å². The third-order valence-corrected chi connectivity index (χ3v) is 7.43. The van der Waals surface area contributed by atoms with Gasteiger partial charge in [-0.1, -0.05) is 67.9 Å². The monoisotopic (exact) mass is 559 g/mol. The number of aromatic nitrogens is 4. The van der Waals surface area contributed by atoms with Crippen LogP contribution in [0, 0.1) is 0 Å². The fourth-order valence-corrected chi connectivity index (χ4v) is 5.14. The summed E-state index contributed by atoms with van der Waals surface area (Å²) >= 11 is 0. The second-order valence-electron chi connectivity index (χ2n) is 10.6. The molecule has 3 heterocycles. The molecule has 218 valence electrons. The number of morpholine rings is 1. The van der Waals surface area contributed by atoms with Crippen LogP contribution in [0.15, 0.2) is 59.4 Å². The Morgan fingerprint density at radius 1 is 0.976 bits per heavy atom. The fourth-order valence-electron chi connectivity index (χ4n) is 5.14. The number of hydrogen-bond acceptors (Lipinski definition) is 8. The van der Waals surface area contributed by atoms with Gasteiger partial charge in [-0.05, 0) is 36.1 Å². The highest BCUT2D eigenvalue weighted by atomic mass is 16.5. The molecule has 3 N–H and O–H groups in total. The minimum absolute atomic E-state index is 0.193. The van der Waals surface area contributed by atoms with Gasteiger partial charge in [0.05, 0.1) is 26.4 Å². The molecule has 2 aromatic carbocycles. The van der Waals surface area contributed by atoms with Crippen molar-refractivity contribution in [3.63, 3.8) is 0 Å². The molecule has 0 spiro atoms. The van der Waals surface area contributed by atoms with Crippen molar-refractivity contribution in [2.45, 2.75) is 45.8 Å². The van der Waals surface area contributed by atoms with Gasteiger partial charge in [0.25, 0.3) is 0 Å². The lowest BCUT2D eigenvalue weighted by atomic mass is 10.1. The third-order valence-electron chi connectivity index (χ3n) is 7.43. The summed E-state index contributed by atoms with van der Waals surface area (Å²) in [7, 11) is 0. The Balaban J connectivity index is 1.26. The van der Waals surface area contributed by atoms with Gasteiger partial charge in [0, 0.05) is 32.7 Å². The Morgan fingerprint density at radius 2 is 1.68 bits per heavy atom. The van der Waals surface area contributed by atoms with E-state index >= 15 is 0 Å². The van der Waals surface area contributed by atoms with Gasteiger partial charge >= 0.3 is 11.7 Å². The fraction of sp³-hybridized carbons (Fsp3) is 0.452. The van der Waals surface area contributed by atoms with Gasteiger partial charge < -0.3 is 20.2 Å². The first-order valence-corrected chi connectivity index (χ1v) is 14.6. The lowest BCUT2D eigenvalue weighted by Gasteiger charge is -2.28. The average Bonchev–Trinajstić information content (AvgIpc) is 3.30.